The number of pyridine rings is 3. The van der Waals surface area contributed by atoms with Crippen LogP contribution in [0.1, 0.15) is 235 Å². The average Bonchev–Trinajstić information content (AvgIpc) is 1.60. The number of fused-ring (bicyclic) bond motifs is 6. The molecule has 1 amide bonds. The molecule has 4 fully saturated rings. The number of rotatable bonds is 13. The minimum absolute atomic E-state index is 0.00944. The Labute approximate surface area is 617 Å². The minimum atomic E-state index is -4.61. The van der Waals surface area contributed by atoms with Crippen LogP contribution in [-0.2, 0) is 21.8 Å². The Morgan fingerprint density at radius 2 is 0.917 bits per heavy atom. The first-order valence-corrected chi connectivity index (χ1v) is 37.1. The number of methoxy groups -OCH3 is 2. The highest BCUT2D eigenvalue weighted by atomic mass is 19.4. The third-order valence-corrected chi connectivity index (χ3v) is 23.5. The summed E-state index contributed by atoms with van der Waals surface area (Å²) in [4.78, 5) is 73.3. The SMILES string of the molecule is COC(=O)c1ccc(C(F)(F)F)c2nc(C(C)C3CCC(c4ccnc5ccc(F)cc45)CC3)[nH]c12.COC(=O)c1ccc(C(F)(F)F)c2nc([C@@H](C)C3CCC(c4c(F)ccc5ncccc45)CC3)[nH]c12.Cc1cc(C(=O)NC2CCC2)cc2[nH]c(C(C)C3CCC(c4ccnc5ccc(F)cc45)CC3)nc12. The fourth-order valence-corrected chi connectivity index (χ4v) is 17.1. The van der Waals surface area contributed by atoms with Gasteiger partial charge in [-0.3, -0.25) is 19.7 Å². The van der Waals surface area contributed by atoms with Gasteiger partial charge in [0.1, 0.15) is 46.0 Å². The van der Waals surface area contributed by atoms with E-state index in [2.05, 4.69) is 58.2 Å². The second-order valence-corrected chi connectivity index (χ2v) is 29.8. The van der Waals surface area contributed by atoms with Crippen molar-refractivity contribution < 1.29 is 63.4 Å². The second-order valence-electron chi connectivity index (χ2n) is 29.8. The lowest BCUT2D eigenvalue weighted by Gasteiger charge is -2.32. The van der Waals surface area contributed by atoms with Gasteiger partial charge in [-0.05, 0) is 259 Å². The van der Waals surface area contributed by atoms with Crippen LogP contribution in [0.5, 0.6) is 0 Å². The second kappa shape index (κ2) is 30.8. The lowest BCUT2D eigenvalue weighted by atomic mass is 9.73. The van der Waals surface area contributed by atoms with Crippen molar-refractivity contribution in [3.8, 4) is 0 Å². The Bertz CT molecular complexity index is 5340. The topological polar surface area (TPSA) is 206 Å². The molecule has 0 radical (unpaired) electrons. The van der Waals surface area contributed by atoms with Crippen LogP contribution in [-0.4, -0.2) is 83.0 Å². The highest BCUT2D eigenvalue weighted by Crippen LogP contribution is 2.48. The summed E-state index contributed by atoms with van der Waals surface area (Å²) in [6.45, 7) is 8.17. The molecule has 4 aliphatic rings. The van der Waals surface area contributed by atoms with Gasteiger partial charge in [-0.15, -0.1) is 0 Å². The smallest absolute Gasteiger partial charge is 0.418 e. The number of H-pyrrole nitrogens is 3. The van der Waals surface area contributed by atoms with Crippen molar-refractivity contribution in [2.75, 3.05) is 14.2 Å². The molecule has 0 spiro atoms. The van der Waals surface area contributed by atoms with E-state index in [1.165, 1.54) is 50.5 Å². The molecule has 6 heterocycles. The number of halogens is 9. The van der Waals surface area contributed by atoms with Crippen LogP contribution in [0.3, 0.4) is 0 Å². The zero-order chi connectivity index (χ0) is 76.0. The molecule has 0 saturated heterocycles. The fraction of sp³-hybridized carbons (Fsp3) is 0.393. The molecular formula is C84H83F9N10O5. The van der Waals surface area contributed by atoms with Crippen molar-refractivity contribution in [2.45, 2.75) is 178 Å². The average molecular weight is 1480 g/mol. The van der Waals surface area contributed by atoms with Crippen LogP contribution in [0.25, 0.3) is 65.8 Å². The maximum atomic E-state index is 14.8. The molecule has 4 aliphatic carbocycles. The largest absolute Gasteiger partial charge is 0.465 e. The number of carbonyl (C=O) groups excluding carboxylic acids is 3. The number of aromatic amines is 3. The van der Waals surface area contributed by atoms with Crippen LogP contribution in [0, 0.1) is 42.1 Å². The molecule has 24 heteroatoms. The van der Waals surface area contributed by atoms with Gasteiger partial charge in [0.2, 0.25) is 0 Å². The summed E-state index contributed by atoms with van der Waals surface area (Å²) in [5.41, 5.74) is 6.74. The van der Waals surface area contributed by atoms with Gasteiger partial charge in [-0.1, -0.05) is 26.8 Å². The van der Waals surface area contributed by atoms with Gasteiger partial charge in [0.15, 0.2) is 0 Å². The van der Waals surface area contributed by atoms with Crippen molar-refractivity contribution in [3.05, 3.63) is 213 Å². The standard InChI is InChI=1S/C30H33FN4O.2C27H25F4N3O2/c1-17-14-21(30(36)33-23-4-3-5-23)15-27-28(17)35-29(34-27)18(2)19-6-8-20(9-7-19)24-12-13-32-26-11-10-22(31)16-25(24)26;1-14(25-33-23-19(26(35)36-2)8-9-21(24(23)34-25)27(29,30)31)15-3-5-16(6-4-15)18-11-12-32-22-10-7-17(28)13-20(18)22;1-14(25-33-23-18(26(35)36-2)9-10-19(24(23)34-25)27(29,30)31)15-5-7-16(8-6-15)22-17-4-3-13-32-21(17)12-11-20(22)28/h10-16,18-20,23H,3-9H2,1-2H3,(H,33,36)(H,34,35);7-16H,3-6H2,1-2H3,(H,33,34);3-4,9-16H,5-8H2,1-2H3,(H,33,34)/t;;14-,15?,16?/m..0/s1. The van der Waals surface area contributed by atoms with Crippen molar-refractivity contribution in [1.29, 1.82) is 0 Å². The van der Waals surface area contributed by atoms with E-state index in [0.717, 1.165) is 175 Å². The number of carbonyl (C=O) groups is 3. The summed E-state index contributed by atoms with van der Waals surface area (Å²) >= 11 is 0. The van der Waals surface area contributed by atoms with E-state index in [0.29, 0.717) is 46.6 Å². The van der Waals surface area contributed by atoms with Crippen LogP contribution >= 0.6 is 0 Å². The lowest BCUT2D eigenvalue weighted by Crippen LogP contribution is -2.39. The molecule has 108 heavy (non-hydrogen) atoms. The summed E-state index contributed by atoms with van der Waals surface area (Å²) in [5, 5.41) is 5.72. The zero-order valence-electron chi connectivity index (χ0n) is 60.6. The van der Waals surface area contributed by atoms with Gasteiger partial charge >= 0.3 is 24.3 Å². The van der Waals surface area contributed by atoms with E-state index in [1.807, 2.05) is 51.2 Å². The van der Waals surface area contributed by atoms with Crippen LogP contribution in [0.2, 0.25) is 0 Å². The van der Waals surface area contributed by atoms with Crippen molar-refractivity contribution in [3.63, 3.8) is 0 Å². The van der Waals surface area contributed by atoms with Gasteiger partial charge < -0.3 is 29.7 Å². The monoisotopic (exact) mass is 1480 g/mol. The molecule has 6 aromatic carbocycles. The van der Waals surface area contributed by atoms with E-state index < -0.39 is 35.4 Å². The maximum Gasteiger partial charge on any atom is 0.418 e. The Balaban J connectivity index is 0.000000136. The molecule has 0 bridgehead atoms. The van der Waals surface area contributed by atoms with Crippen molar-refractivity contribution >= 4 is 83.7 Å². The quantitative estimate of drug-likeness (QED) is 0.0631. The molecule has 2 unspecified atom stereocenters. The molecule has 15 nitrogen and oxygen atoms in total. The van der Waals surface area contributed by atoms with Crippen molar-refractivity contribution in [2.24, 2.45) is 17.8 Å². The maximum absolute atomic E-state index is 14.8. The highest BCUT2D eigenvalue weighted by Gasteiger charge is 2.40. The molecule has 12 aromatic rings. The number of esters is 2. The van der Waals surface area contributed by atoms with Crippen LogP contribution in [0.15, 0.2) is 128 Å². The lowest BCUT2D eigenvalue weighted by molar-refractivity contribution is -0.137. The summed E-state index contributed by atoms with van der Waals surface area (Å²) in [7, 11) is 2.36. The van der Waals surface area contributed by atoms with E-state index in [1.54, 1.807) is 42.7 Å². The number of nitrogens with zero attached hydrogens (tertiary/aromatic N) is 6. The molecule has 3 atom stereocenters. The number of ether oxygens (including phenoxy) is 2. The molecule has 4 N–H and O–H groups in total. The van der Waals surface area contributed by atoms with Gasteiger partial charge in [0, 0.05) is 69.7 Å². The summed E-state index contributed by atoms with van der Waals surface area (Å²) in [6.07, 6.45) is 10.3. The first-order chi connectivity index (χ1) is 51.8. The Morgan fingerprint density at radius 3 is 1.37 bits per heavy atom. The molecule has 4 saturated carbocycles. The third-order valence-electron chi connectivity index (χ3n) is 23.5. The molecule has 6 aromatic heterocycles. The van der Waals surface area contributed by atoms with Gasteiger partial charge in [0.05, 0.1) is 75.1 Å². The molecule has 562 valence electrons. The number of imidazole rings is 3. The summed E-state index contributed by atoms with van der Waals surface area (Å²) in [6, 6.07) is 28.5. The molecular weight excluding hydrogens is 1400 g/mol. The summed E-state index contributed by atoms with van der Waals surface area (Å²) in [5.74, 6) is 1.22. The van der Waals surface area contributed by atoms with Crippen LogP contribution in [0.4, 0.5) is 39.5 Å². The number of alkyl halides is 6. The fourth-order valence-electron chi connectivity index (χ4n) is 17.1. The molecule has 0 aliphatic heterocycles. The minimum Gasteiger partial charge on any atom is -0.465 e. The first-order valence-electron chi connectivity index (χ1n) is 37.1. The predicted molar refractivity (Wildman–Crippen MR) is 395 cm³/mol. The van der Waals surface area contributed by atoms with E-state index in [-0.39, 0.29) is 92.1 Å². The Kier molecular flexibility index (Phi) is 21.3. The Hall–Kier alpha value is -10.3. The normalized spacial score (nSPS) is 20.1. The predicted octanol–water partition coefficient (Wildman–Crippen LogP) is 21.2. The number of hydrogen-bond donors (Lipinski definition) is 4. The van der Waals surface area contributed by atoms with Gasteiger partial charge in [-0.25, -0.2) is 37.7 Å². The first kappa shape index (κ1) is 74.6. The van der Waals surface area contributed by atoms with E-state index >= 15 is 0 Å². The van der Waals surface area contributed by atoms with Crippen molar-refractivity contribution in [1.82, 2.24) is 50.2 Å². The number of benzene rings is 6. The number of amides is 1. The number of aryl methyl sites for hydroxylation is 1. The number of hydrogen-bond acceptors (Lipinski definition) is 11. The van der Waals surface area contributed by atoms with Gasteiger partial charge in [0.25, 0.3) is 5.91 Å². The third kappa shape index (κ3) is 15.2. The molecule has 16 rings (SSSR count). The highest BCUT2D eigenvalue weighted by molar-refractivity contribution is 6.04. The number of nitrogens with one attached hydrogen (secondary N) is 4. The van der Waals surface area contributed by atoms with Crippen LogP contribution < -0.4 is 5.32 Å². The zero-order valence-corrected chi connectivity index (χ0v) is 60.6. The summed E-state index contributed by atoms with van der Waals surface area (Å²) < 4.78 is 134. The Morgan fingerprint density at radius 1 is 0.481 bits per heavy atom. The van der Waals surface area contributed by atoms with E-state index in [9.17, 15) is 53.9 Å². The number of aromatic nitrogens is 9. The van der Waals surface area contributed by atoms with Gasteiger partial charge in [-0.2, -0.15) is 26.3 Å². The van der Waals surface area contributed by atoms with E-state index in [4.69, 9.17) is 14.5 Å².